The van der Waals surface area contributed by atoms with Crippen molar-refractivity contribution in [1.82, 2.24) is 9.80 Å². The third-order valence-electron chi connectivity index (χ3n) is 3.59. The second-order valence-electron chi connectivity index (χ2n) is 5.10. The summed E-state index contributed by atoms with van der Waals surface area (Å²) in [5, 5.41) is 9.27. The molecule has 0 aliphatic carbocycles. The molecule has 1 N–H and O–H groups in total. The summed E-state index contributed by atoms with van der Waals surface area (Å²) in [5.74, 6) is 0.875. The van der Waals surface area contributed by atoms with Gasteiger partial charge in [-0.2, -0.15) is 0 Å². The molecule has 0 radical (unpaired) electrons. The van der Waals surface area contributed by atoms with Crippen LogP contribution in [0.5, 0.6) is 5.75 Å². The van der Waals surface area contributed by atoms with Crippen molar-refractivity contribution in [1.29, 1.82) is 0 Å². The van der Waals surface area contributed by atoms with E-state index in [4.69, 9.17) is 0 Å². The van der Waals surface area contributed by atoms with Crippen molar-refractivity contribution in [3.63, 3.8) is 0 Å². The van der Waals surface area contributed by atoms with Crippen molar-refractivity contribution < 1.29 is 5.11 Å². The van der Waals surface area contributed by atoms with Crippen LogP contribution in [0.2, 0.25) is 0 Å². The van der Waals surface area contributed by atoms with Crippen LogP contribution >= 0.6 is 0 Å². The highest BCUT2D eigenvalue weighted by atomic mass is 16.3. The van der Waals surface area contributed by atoms with Crippen molar-refractivity contribution in [3.05, 3.63) is 29.8 Å². The summed E-state index contributed by atoms with van der Waals surface area (Å²) in [7, 11) is 2.18. The Balaban J connectivity index is 1.88. The van der Waals surface area contributed by atoms with E-state index in [-0.39, 0.29) is 0 Å². The molecule has 0 aromatic heterocycles. The number of benzene rings is 1. The zero-order chi connectivity index (χ0) is 12.3. The third-order valence-corrected chi connectivity index (χ3v) is 3.59. The van der Waals surface area contributed by atoms with Crippen molar-refractivity contribution in [2.45, 2.75) is 12.8 Å². The summed E-state index contributed by atoms with van der Waals surface area (Å²) in [6.45, 7) is 8.03. The number of phenolic OH excluding ortho intramolecular Hbond substituents is 1. The Morgan fingerprint density at radius 1 is 1.12 bits per heavy atom. The van der Waals surface area contributed by atoms with Crippen LogP contribution in [0.4, 0.5) is 0 Å². The molecule has 1 aliphatic heterocycles. The minimum absolute atomic E-state index is 0.348. The molecule has 1 saturated heterocycles. The molecule has 1 atom stereocenters. The largest absolute Gasteiger partial charge is 0.508 e. The highest BCUT2D eigenvalue weighted by Gasteiger charge is 2.16. The number of likely N-dealkylation sites (N-methyl/N-ethyl adjacent to an activating group) is 1. The average molecular weight is 234 g/mol. The van der Waals surface area contributed by atoms with E-state index in [1.54, 1.807) is 12.1 Å². The van der Waals surface area contributed by atoms with Gasteiger partial charge in [0.2, 0.25) is 0 Å². The lowest BCUT2D eigenvalue weighted by Gasteiger charge is -2.34. The van der Waals surface area contributed by atoms with E-state index in [2.05, 4.69) is 23.8 Å². The number of aromatic hydroxyl groups is 1. The molecule has 17 heavy (non-hydrogen) atoms. The normalized spacial score (nSPS) is 20.4. The highest BCUT2D eigenvalue weighted by molar-refractivity contribution is 5.28. The van der Waals surface area contributed by atoms with Crippen LogP contribution in [0.25, 0.3) is 0 Å². The zero-order valence-electron chi connectivity index (χ0n) is 10.8. The molecule has 1 unspecified atom stereocenters. The summed E-state index contributed by atoms with van der Waals surface area (Å²) >= 11 is 0. The monoisotopic (exact) mass is 234 g/mol. The number of phenols is 1. The molecule has 0 bridgehead atoms. The Hall–Kier alpha value is -1.06. The molecule has 1 fully saturated rings. The molecule has 0 saturated carbocycles. The number of piperazine rings is 1. The van der Waals surface area contributed by atoms with Crippen LogP contribution in [0.15, 0.2) is 24.3 Å². The maximum absolute atomic E-state index is 9.27. The van der Waals surface area contributed by atoms with Crippen LogP contribution in [-0.2, 0) is 0 Å². The van der Waals surface area contributed by atoms with Crippen LogP contribution in [0.3, 0.4) is 0 Å². The first-order valence-corrected chi connectivity index (χ1v) is 6.35. The fraction of sp³-hybridized carbons (Fsp3) is 0.571. The average Bonchev–Trinajstić information content (AvgIpc) is 2.33. The molecule has 3 nitrogen and oxygen atoms in total. The van der Waals surface area contributed by atoms with Gasteiger partial charge in [0.1, 0.15) is 5.75 Å². The number of nitrogens with zero attached hydrogens (tertiary/aromatic N) is 2. The van der Waals surface area contributed by atoms with E-state index in [0.29, 0.717) is 11.7 Å². The quantitative estimate of drug-likeness (QED) is 0.863. The van der Waals surface area contributed by atoms with Crippen molar-refractivity contribution in [2.75, 3.05) is 39.8 Å². The second kappa shape index (κ2) is 5.52. The highest BCUT2D eigenvalue weighted by Crippen LogP contribution is 2.19. The molecule has 1 heterocycles. The van der Waals surface area contributed by atoms with Gasteiger partial charge in [-0.05, 0) is 30.7 Å². The molecule has 1 aromatic carbocycles. The Labute approximate surface area is 104 Å². The third kappa shape index (κ3) is 3.45. The lowest BCUT2D eigenvalue weighted by Crippen LogP contribution is -2.45. The van der Waals surface area contributed by atoms with Gasteiger partial charge in [0, 0.05) is 32.7 Å². The molecule has 2 rings (SSSR count). The smallest absolute Gasteiger partial charge is 0.115 e. The summed E-state index contributed by atoms with van der Waals surface area (Å²) in [4.78, 5) is 4.90. The van der Waals surface area contributed by atoms with Gasteiger partial charge in [0.25, 0.3) is 0 Å². The maximum Gasteiger partial charge on any atom is 0.115 e. The maximum atomic E-state index is 9.27. The van der Waals surface area contributed by atoms with E-state index in [0.717, 1.165) is 6.54 Å². The molecule has 0 amide bonds. The molecule has 1 aliphatic rings. The Morgan fingerprint density at radius 3 is 2.29 bits per heavy atom. The van der Waals surface area contributed by atoms with Gasteiger partial charge in [-0.1, -0.05) is 19.1 Å². The van der Waals surface area contributed by atoms with Crippen molar-refractivity contribution >= 4 is 0 Å². The summed E-state index contributed by atoms with van der Waals surface area (Å²) < 4.78 is 0. The van der Waals surface area contributed by atoms with Crippen LogP contribution in [0, 0.1) is 0 Å². The minimum Gasteiger partial charge on any atom is -0.508 e. The first kappa shape index (κ1) is 12.4. The van der Waals surface area contributed by atoms with Gasteiger partial charge < -0.3 is 14.9 Å². The lowest BCUT2D eigenvalue weighted by molar-refractivity contribution is 0.149. The van der Waals surface area contributed by atoms with Crippen LogP contribution in [0.1, 0.15) is 18.4 Å². The predicted molar refractivity (Wildman–Crippen MR) is 70.5 cm³/mol. The lowest BCUT2D eigenvalue weighted by atomic mass is 10.0. The zero-order valence-corrected chi connectivity index (χ0v) is 10.8. The van der Waals surface area contributed by atoms with E-state index < -0.39 is 0 Å². The van der Waals surface area contributed by atoms with Gasteiger partial charge in [-0.25, -0.2) is 0 Å². The van der Waals surface area contributed by atoms with Crippen molar-refractivity contribution in [2.24, 2.45) is 0 Å². The summed E-state index contributed by atoms with van der Waals surface area (Å²) in [5.41, 5.74) is 1.31. The first-order chi connectivity index (χ1) is 8.15. The SMILES string of the molecule is CC(CN1CCN(C)CC1)c1ccc(O)cc1. The molecule has 3 heteroatoms. The molecule has 94 valence electrons. The van der Waals surface area contributed by atoms with E-state index in [9.17, 15) is 5.11 Å². The van der Waals surface area contributed by atoms with Gasteiger partial charge in [-0.3, -0.25) is 0 Å². The second-order valence-corrected chi connectivity index (χ2v) is 5.10. The topological polar surface area (TPSA) is 26.7 Å². The minimum atomic E-state index is 0.348. The molecular weight excluding hydrogens is 212 g/mol. The number of hydrogen-bond acceptors (Lipinski definition) is 3. The van der Waals surface area contributed by atoms with E-state index in [1.807, 2.05) is 12.1 Å². The van der Waals surface area contributed by atoms with Crippen molar-refractivity contribution in [3.8, 4) is 5.75 Å². The Bertz CT molecular complexity index is 342. The summed E-state index contributed by atoms with van der Waals surface area (Å²) in [6, 6.07) is 7.60. The van der Waals surface area contributed by atoms with E-state index >= 15 is 0 Å². The number of rotatable bonds is 3. The fourth-order valence-corrected chi connectivity index (χ4v) is 2.33. The van der Waals surface area contributed by atoms with Gasteiger partial charge in [0.05, 0.1) is 0 Å². The van der Waals surface area contributed by atoms with Crippen LogP contribution < -0.4 is 0 Å². The molecule has 1 aromatic rings. The Kier molecular flexibility index (Phi) is 4.02. The van der Waals surface area contributed by atoms with E-state index in [1.165, 1.54) is 31.7 Å². The predicted octanol–water partition coefficient (Wildman–Crippen LogP) is 1.74. The molecule has 0 spiro atoms. The standard InChI is InChI=1S/C14H22N2O/c1-12(13-3-5-14(17)6-4-13)11-16-9-7-15(2)8-10-16/h3-6,12,17H,7-11H2,1-2H3. The van der Waals surface area contributed by atoms with Gasteiger partial charge in [-0.15, -0.1) is 0 Å². The van der Waals surface area contributed by atoms with Gasteiger partial charge in [0.15, 0.2) is 0 Å². The summed E-state index contributed by atoms with van der Waals surface area (Å²) in [6.07, 6.45) is 0. The van der Waals surface area contributed by atoms with Gasteiger partial charge >= 0.3 is 0 Å². The number of hydrogen-bond donors (Lipinski definition) is 1. The fourth-order valence-electron chi connectivity index (χ4n) is 2.33. The molecular formula is C14H22N2O. The Morgan fingerprint density at radius 2 is 1.71 bits per heavy atom. The first-order valence-electron chi connectivity index (χ1n) is 6.35. The van der Waals surface area contributed by atoms with Crippen LogP contribution in [-0.4, -0.2) is 54.7 Å².